The lowest BCUT2D eigenvalue weighted by atomic mass is 10.1. The average Bonchev–Trinajstić information content (AvgIpc) is 2.94. The van der Waals surface area contributed by atoms with Crippen LogP contribution in [0.4, 0.5) is 0 Å². The molecule has 0 amide bonds. The van der Waals surface area contributed by atoms with Gasteiger partial charge in [0.25, 0.3) is 0 Å². The highest BCUT2D eigenvalue weighted by molar-refractivity contribution is 7.47. The first-order valence-electron chi connectivity index (χ1n) is 15.2. The van der Waals surface area contributed by atoms with Crippen molar-refractivity contribution in [3.05, 3.63) is 24.3 Å². The predicted molar refractivity (Wildman–Crippen MR) is 159 cm³/mol. The minimum Gasteiger partial charge on any atom is -0.458 e. The number of hydrogen-bond donors (Lipinski definition) is 3. The molecule has 11 heteroatoms. The monoisotopic (exact) mass is 606 g/mol. The molecule has 0 rings (SSSR count). The molecule has 0 aromatic carbocycles. The maximum atomic E-state index is 12.0. The lowest BCUT2D eigenvalue weighted by Gasteiger charge is -2.20. The maximum Gasteiger partial charge on any atom is 0.472 e. The number of carbonyl (C=O) groups is 2. The zero-order chi connectivity index (χ0) is 30.6. The Morgan fingerprint density at radius 1 is 0.707 bits per heavy atom. The first-order chi connectivity index (χ1) is 19.7. The number of aliphatic hydroxyl groups excluding tert-OH is 2. The molecule has 41 heavy (non-hydrogen) atoms. The zero-order valence-electron chi connectivity index (χ0n) is 25.3. The Morgan fingerprint density at radius 3 is 1.66 bits per heavy atom. The second-order valence-corrected chi connectivity index (χ2v) is 11.6. The Morgan fingerprint density at radius 2 is 1.17 bits per heavy atom. The van der Waals surface area contributed by atoms with Crippen molar-refractivity contribution in [1.82, 2.24) is 0 Å². The molecule has 0 aliphatic heterocycles. The Balaban J connectivity index is 3.76. The highest BCUT2D eigenvalue weighted by atomic mass is 31.2. The number of rotatable bonds is 28. The van der Waals surface area contributed by atoms with E-state index >= 15 is 0 Å². The fraction of sp³-hybridized carbons (Fsp3) is 0.800. The fourth-order valence-electron chi connectivity index (χ4n) is 3.91. The summed E-state index contributed by atoms with van der Waals surface area (Å²) in [5, 5.41) is 18.5. The summed E-state index contributed by atoms with van der Waals surface area (Å²) in [5.74, 6) is -1.20. The summed E-state index contributed by atoms with van der Waals surface area (Å²) < 4.78 is 31.2. The Bertz CT molecular complexity index is 756. The molecule has 3 atom stereocenters. The molecule has 0 bridgehead atoms. The Hall–Kier alpha value is -1.55. The zero-order valence-corrected chi connectivity index (χ0v) is 26.1. The van der Waals surface area contributed by atoms with E-state index in [1.165, 1.54) is 57.8 Å². The van der Waals surface area contributed by atoms with E-state index in [1.54, 1.807) is 0 Å². The van der Waals surface area contributed by atoms with Crippen LogP contribution in [0.25, 0.3) is 0 Å². The minimum atomic E-state index is -4.58. The third kappa shape index (κ3) is 27.1. The van der Waals surface area contributed by atoms with Crippen molar-refractivity contribution in [2.75, 3.05) is 26.4 Å². The largest absolute Gasteiger partial charge is 0.472 e. The molecule has 10 nitrogen and oxygen atoms in total. The maximum absolute atomic E-state index is 12.0. The van der Waals surface area contributed by atoms with Crippen molar-refractivity contribution in [1.29, 1.82) is 0 Å². The molecule has 3 N–H and O–H groups in total. The van der Waals surface area contributed by atoms with Crippen molar-refractivity contribution < 1.29 is 47.8 Å². The number of carbonyl (C=O) groups excluding carboxylic acids is 2. The van der Waals surface area contributed by atoms with Crippen LogP contribution < -0.4 is 0 Å². The second kappa shape index (κ2) is 27.3. The van der Waals surface area contributed by atoms with Crippen LogP contribution in [0, 0.1) is 0 Å². The molecule has 0 heterocycles. The molecule has 3 unspecified atom stereocenters. The van der Waals surface area contributed by atoms with Gasteiger partial charge in [-0.3, -0.25) is 18.6 Å². The Labute approximate surface area is 247 Å². The molecule has 0 fully saturated rings. The number of unbranched alkanes of at least 4 members (excludes halogenated alkanes) is 12. The van der Waals surface area contributed by atoms with Crippen LogP contribution in [0.15, 0.2) is 24.3 Å². The third-order valence-electron chi connectivity index (χ3n) is 6.22. The molecular weight excluding hydrogens is 551 g/mol. The summed E-state index contributed by atoms with van der Waals surface area (Å²) in [5.41, 5.74) is 0. The highest BCUT2D eigenvalue weighted by Crippen LogP contribution is 2.43. The predicted octanol–water partition coefficient (Wildman–Crippen LogP) is 6.32. The van der Waals surface area contributed by atoms with Crippen LogP contribution in [0.1, 0.15) is 117 Å². The van der Waals surface area contributed by atoms with Crippen molar-refractivity contribution >= 4 is 19.8 Å². The topological polar surface area (TPSA) is 149 Å². The van der Waals surface area contributed by atoms with E-state index in [0.29, 0.717) is 6.42 Å². The molecular formula is C30H55O10P. The minimum absolute atomic E-state index is 0.187. The SMILES string of the molecule is CCCCC/C=C\C/C=C\CCCCCCCCCCCC(=O)OC(CO)COP(=O)(O)OCC(CO)OC(C)=O. The summed E-state index contributed by atoms with van der Waals surface area (Å²) in [4.78, 5) is 32.7. The van der Waals surface area contributed by atoms with Crippen LogP contribution in [-0.2, 0) is 32.7 Å². The first-order valence-corrected chi connectivity index (χ1v) is 16.7. The number of aliphatic hydroxyl groups is 2. The first kappa shape index (κ1) is 39.5. The summed E-state index contributed by atoms with van der Waals surface area (Å²) in [6.45, 7) is 1.03. The molecule has 0 aliphatic carbocycles. The van der Waals surface area contributed by atoms with E-state index in [0.717, 1.165) is 39.0 Å². The van der Waals surface area contributed by atoms with Gasteiger partial charge in [-0.25, -0.2) is 4.57 Å². The number of esters is 2. The molecule has 0 saturated carbocycles. The van der Waals surface area contributed by atoms with Gasteiger partial charge in [0.2, 0.25) is 0 Å². The van der Waals surface area contributed by atoms with Gasteiger partial charge in [-0.2, -0.15) is 0 Å². The summed E-state index contributed by atoms with van der Waals surface area (Å²) in [6.07, 6.45) is 24.2. The van der Waals surface area contributed by atoms with Gasteiger partial charge in [0, 0.05) is 13.3 Å². The number of allylic oxidation sites excluding steroid dienone is 4. The molecule has 0 spiro atoms. The fourth-order valence-corrected chi connectivity index (χ4v) is 4.69. The number of hydrogen-bond acceptors (Lipinski definition) is 9. The van der Waals surface area contributed by atoms with Crippen LogP contribution >= 0.6 is 7.82 Å². The lowest BCUT2D eigenvalue weighted by Crippen LogP contribution is -2.28. The number of ether oxygens (including phenoxy) is 2. The number of phosphoric acid groups is 1. The standard InChI is InChI=1S/C30H55O10P/c1-3-4-5-6-7-8-9-10-11-12-13-14-15-16-17-18-19-20-21-22-30(34)40-29(24-32)26-38-41(35,36)37-25-28(23-31)39-27(2)33/h7-8,10-11,28-29,31-32H,3-6,9,12-26H2,1-2H3,(H,35,36)/b8-7-,11-10-. The van der Waals surface area contributed by atoms with Gasteiger partial charge in [-0.05, 0) is 38.5 Å². The summed E-state index contributed by atoms with van der Waals surface area (Å²) >= 11 is 0. The van der Waals surface area contributed by atoms with Crippen LogP contribution in [0.5, 0.6) is 0 Å². The molecule has 0 aromatic heterocycles. The van der Waals surface area contributed by atoms with Crippen LogP contribution in [0.2, 0.25) is 0 Å². The van der Waals surface area contributed by atoms with Gasteiger partial charge in [0.15, 0.2) is 0 Å². The van der Waals surface area contributed by atoms with E-state index in [9.17, 15) is 24.2 Å². The molecule has 0 aliphatic rings. The van der Waals surface area contributed by atoms with Crippen molar-refractivity contribution in [3.8, 4) is 0 Å². The van der Waals surface area contributed by atoms with Crippen molar-refractivity contribution in [3.63, 3.8) is 0 Å². The molecule has 240 valence electrons. The van der Waals surface area contributed by atoms with Crippen molar-refractivity contribution in [2.24, 2.45) is 0 Å². The smallest absolute Gasteiger partial charge is 0.458 e. The normalized spacial score (nSPS) is 14.8. The van der Waals surface area contributed by atoms with Gasteiger partial charge in [-0.1, -0.05) is 89.0 Å². The molecule has 0 radical (unpaired) electrons. The van der Waals surface area contributed by atoms with Crippen molar-refractivity contribution in [2.45, 2.75) is 129 Å². The van der Waals surface area contributed by atoms with Gasteiger partial charge in [0.1, 0.15) is 12.2 Å². The van der Waals surface area contributed by atoms with E-state index in [4.69, 9.17) is 19.1 Å². The second-order valence-electron chi connectivity index (χ2n) is 10.2. The van der Waals surface area contributed by atoms with Crippen LogP contribution in [-0.4, -0.2) is 65.7 Å². The van der Waals surface area contributed by atoms with E-state index < -0.39 is 58.4 Å². The quantitative estimate of drug-likeness (QED) is 0.0400. The lowest BCUT2D eigenvalue weighted by molar-refractivity contribution is -0.153. The summed E-state index contributed by atoms with van der Waals surface area (Å²) in [7, 11) is -4.58. The highest BCUT2D eigenvalue weighted by Gasteiger charge is 2.27. The van der Waals surface area contributed by atoms with Crippen LogP contribution in [0.3, 0.4) is 0 Å². The van der Waals surface area contributed by atoms with Gasteiger partial charge < -0.3 is 24.6 Å². The summed E-state index contributed by atoms with van der Waals surface area (Å²) in [6, 6.07) is 0. The van der Waals surface area contributed by atoms with E-state index in [2.05, 4.69) is 35.8 Å². The number of phosphoric ester groups is 1. The van der Waals surface area contributed by atoms with E-state index in [1.807, 2.05) is 0 Å². The molecule has 0 saturated heterocycles. The third-order valence-corrected chi connectivity index (χ3v) is 7.17. The molecule has 0 aromatic rings. The average molecular weight is 607 g/mol. The van der Waals surface area contributed by atoms with Gasteiger partial charge >= 0.3 is 19.8 Å². The van der Waals surface area contributed by atoms with Gasteiger partial charge in [-0.15, -0.1) is 0 Å². The Kier molecular flexibility index (Phi) is 26.3. The van der Waals surface area contributed by atoms with E-state index in [-0.39, 0.29) is 6.42 Å². The van der Waals surface area contributed by atoms with Gasteiger partial charge in [0.05, 0.1) is 26.4 Å².